The lowest BCUT2D eigenvalue weighted by atomic mass is 10.1. The molecule has 2 amide bonds. The number of rotatable bonds is 13. The zero-order chi connectivity index (χ0) is 24.4. The molecule has 10 nitrogen and oxygen atoms in total. The van der Waals surface area contributed by atoms with Gasteiger partial charge in [0.25, 0.3) is 0 Å². The fourth-order valence-electron chi connectivity index (χ4n) is 2.91. The van der Waals surface area contributed by atoms with Gasteiger partial charge in [0.15, 0.2) is 0 Å². The van der Waals surface area contributed by atoms with Crippen molar-refractivity contribution in [1.29, 1.82) is 0 Å². The molecule has 0 bridgehead atoms. The Bertz CT molecular complexity index is 1010. The van der Waals surface area contributed by atoms with Gasteiger partial charge in [0.1, 0.15) is 11.4 Å². The largest absolute Gasteiger partial charge is 0.491 e. The number of nitrogens with two attached hydrogens (primary N) is 4. The molecule has 186 valence electrons. The average Bonchev–Trinajstić information content (AvgIpc) is 2.75. The van der Waals surface area contributed by atoms with Gasteiger partial charge in [0.05, 0.1) is 23.7 Å². The lowest BCUT2D eigenvalue weighted by Crippen LogP contribution is -2.14. The molecule has 11 heteroatoms. The van der Waals surface area contributed by atoms with Gasteiger partial charge in [-0.25, -0.2) is 0 Å². The summed E-state index contributed by atoms with van der Waals surface area (Å²) in [6.07, 6.45) is 4.47. The van der Waals surface area contributed by atoms with Crippen molar-refractivity contribution < 1.29 is 19.1 Å². The van der Waals surface area contributed by atoms with Crippen LogP contribution in [0.15, 0.2) is 40.9 Å². The molecule has 0 aliphatic heterocycles. The molecule has 0 aliphatic rings. The highest BCUT2D eigenvalue weighted by Gasteiger charge is 2.13. The van der Waals surface area contributed by atoms with Crippen LogP contribution in [0.5, 0.6) is 5.75 Å². The predicted molar refractivity (Wildman–Crippen MR) is 141 cm³/mol. The lowest BCUT2D eigenvalue weighted by molar-refractivity contribution is 0.0991. The Morgan fingerprint density at radius 3 is 1.97 bits per heavy atom. The number of benzene rings is 2. The maximum Gasteiger partial charge on any atom is 0.248 e. The number of carbonyl (C=O) groups excluding carboxylic acids is 2. The third-order valence-corrected chi connectivity index (χ3v) is 5.16. The number of halogens is 1. The van der Waals surface area contributed by atoms with Crippen LogP contribution in [0.3, 0.4) is 0 Å². The van der Waals surface area contributed by atoms with Crippen molar-refractivity contribution >= 4 is 50.5 Å². The van der Waals surface area contributed by atoms with E-state index in [9.17, 15) is 9.59 Å². The van der Waals surface area contributed by atoms with Gasteiger partial charge in [-0.2, -0.15) is 0 Å². The minimum Gasteiger partial charge on any atom is -0.491 e. The highest BCUT2D eigenvalue weighted by Crippen LogP contribution is 2.33. The average molecular weight is 537 g/mol. The van der Waals surface area contributed by atoms with E-state index in [1.54, 1.807) is 19.2 Å². The number of nitrogens with one attached hydrogen (secondary N) is 2. The first-order valence-corrected chi connectivity index (χ1v) is 10.9. The van der Waals surface area contributed by atoms with Crippen molar-refractivity contribution in [2.75, 3.05) is 55.5 Å². The standard InChI is InChI=1S/C22H29BrN6O4.CH4/c1-32-7-4-8-33-18-12-14(22(27)31)11-17(25)20(18)29-6-3-2-5-28-19-15(23)9-13(21(26)30)10-16(19)24;/h2-3,9-12,28-29H,4-8,24-25H2,1H3,(H2,26,30)(H2,27,31);1H4/b3-2+;. The van der Waals surface area contributed by atoms with Gasteiger partial charge in [-0.15, -0.1) is 0 Å². The monoisotopic (exact) mass is 536 g/mol. The third kappa shape index (κ3) is 8.16. The number of nitrogen functional groups attached to an aromatic ring is 2. The van der Waals surface area contributed by atoms with Crippen LogP contribution >= 0.6 is 15.9 Å². The molecule has 0 spiro atoms. The van der Waals surface area contributed by atoms with Crippen LogP contribution in [0, 0.1) is 0 Å². The number of methoxy groups -OCH3 is 1. The van der Waals surface area contributed by atoms with Crippen LogP contribution in [-0.2, 0) is 4.74 Å². The fourth-order valence-corrected chi connectivity index (χ4v) is 3.53. The first-order valence-electron chi connectivity index (χ1n) is 10.1. The molecule has 0 heterocycles. The molecule has 0 radical (unpaired) electrons. The molecule has 2 rings (SSSR count). The van der Waals surface area contributed by atoms with Gasteiger partial charge in [0, 0.05) is 48.8 Å². The molecular formula is C23H33BrN6O4. The number of amides is 2. The number of carbonyl (C=O) groups is 2. The van der Waals surface area contributed by atoms with Crippen molar-refractivity contribution in [3.8, 4) is 5.75 Å². The fraction of sp³-hybridized carbons (Fsp3) is 0.304. The molecule has 0 aliphatic carbocycles. The van der Waals surface area contributed by atoms with Gasteiger partial charge < -0.3 is 43.0 Å². The Hall–Kier alpha value is -3.44. The normalized spacial score (nSPS) is 10.5. The van der Waals surface area contributed by atoms with E-state index in [2.05, 4.69) is 26.6 Å². The van der Waals surface area contributed by atoms with E-state index >= 15 is 0 Å². The molecular weight excluding hydrogens is 504 g/mol. The zero-order valence-corrected chi connectivity index (χ0v) is 19.9. The highest BCUT2D eigenvalue weighted by molar-refractivity contribution is 9.10. The van der Waals surface area contributed by atoms with Crippen molar-refractivity contribution in [2.24, 2.45) is 11.5 Å². The summed E-state index contributed by atoms with van der Waals surface area (Å²) in [7, 11) is 1.61. The van der Waals surface area contributed by atoms with Crippen molar-refractivity contribution in [3.05, 3.63) is 52.0 Å². The summed E-state index contributed by atoms with van der Waals surface area (Å²) in [6, 6.07) is 6.20. The Balaban J connectivity index is 0.00000578. The summed E-state index contributed by atoms with van der Waals surface area (Å²) in [5.74, 6) is -0.696. The van der Waals surface area contributed by atoms with Crippen LogP contribution < -0.4 is 38.3 Å². The van der Waals surface area contributed by atoms with Gasteiger partial charge in [-0.3, -0.25) is 9.59 Å². The molecule has 10 N–H and O–H groups in total. The second-order valence-electron chi connectivity index (χ2n) is 7.02. The summed E-state index contributed by atoms with van der Waals surface area (Å²) >= 11 is 3.39. The maximum atomic E-state index is 11.6. The number of anilines is 4. The van der Waals surface area contributed by atoms with Crippen LogP contribution in [0.25, 0.3) is 0 Å². The number of hydrogen-bond acceptors (Lipinski definition) is 8. The molecule has 34 heavy (non-hydrogen) atoms. The first kappa shape index (κ1) is 28.6. The summed E-state index contributed by atoms with van der Waals surface area (Å²) in [4.78, 5) is 22.9. The van der Waals surface area contributed by atoms with E-state index in [1.807, 2.05) is 12.2 Å². The second-order valence-corrected chi connectivity index (χ2v) is 7.87. The van der Waals surface area contributed by atoms with Gasteiger partial charge >= 0.3 is 0 Å². The zero-order valence-electron chi connectivity index (χ0n) is 18.3. The summed E-state index contributed by atoms with van der Waals surface area (Å²) in [5.41, 5.74) is 25.4. The minimum atomic E-state index is -0.588. The molecule has 0 atom stereocenters. The quantitative estimate of drug-likeness (QED) is 0.128. The number of primary amides is 2. The Labute approximate surface area is 208 Å². The first-order chi connectivity index (χ1) is 15.7. The number of hydrogen-bond donors (Lipinski definition) is 6. The summed E-state index contributed by atoms with van der Waals surface area (Å²) in [6.45, 7) is 1.88. The van der Waals surface area contributed by atoms with Crippen molar-refractivity contribution in [2.45, 2.75) is 13.8 Å². The Kier molecular flexibility index (Phi) is 11.7. The van der Waals surface area contributed by atoms with Crippen LogP contribution in [0.4, 0.5) is 22.7 Å². The Morgan fingerprint density at radius 1 is 0.912 bits per heavy atom. The van der Waals surface area contributed by atoms with Crippen molar-refractivity contribution in [1.82, 2.24) is 0 Å². The van der Waals surface area contributed by atoms with E-state index in [-0.39, 0.29) is 13.0 Å². The second kappa shape index (κ2) is 14.0. The van der Waals surface area contributed by atoms with Crippen LogP contribution in [0.1, 0.15) is 34.6 Å². The highest BCUT2D eigenvalue weighted by atomic mass is 79.9. The smallest absolute Gasteiger partial charge is 0.248 e. The van der Waals surface area contributed by atoms with Crippen molar-refractivity contribution in [3.63, 3.8) is 0 Å². The molecule has 0 fully saturated rings. The van der Waals surface area contributed by atoms with Gasteiger partial charge in [-0.05, 0) is 40.2 Å². The lowest BCUT2D eigenvalue weighted by Gasteiger charge is -2.16. The summed E-state index contributed by atoms with van der Waals surface area (Å²) in [5, 5.41) is 6.37. The van der Waals surface area contributed by atoms with Gasteiger partial charge in [0.2, 0.25) is 11.8 Å². The van der Waals surface area contributed by atoms with E-state index in [4.69, 9.17) is 32.4 Å². The molecule has 2 aromatic carbocycles. The maximum absolute atomic E-state index is 11.6. The van der Waals surface area contributed by atoms with E-state index < -0.39 is 11.8 Å². The SMILES string of the molecule is C.COCCCOc1cc(C(N)=O)cc(N)c1NC/C=C/CNc1c(N)cc(C(N)=O)cc1Br. The summed E-state index contributed by atoms with van der Waals surface area (Å²) < 4.78 is 11.4. The molecule has 0 aromatic heterocycles. The molecule has 0 saturated heterocycles. The Morgan fingerprint density at radius 2 is 1.44 bits per heavy atom. The molecule has 0 saturated carbocycles. The van der Waals surface area contributed by atoms with Crippen LogP contribution in [0.2, 0.25) is 0 Å². The number of ether oxygens (including phenoxy) is 2. The minimum absolute atomic E-state index is 0. The molecule has 0 unspecified atom stereocenters. The van der Waals surface area contributed by atoms with Crippen LogP contribution in [-0.4, -0.2) is 45.2 Å². The van der Waals surface area contributed by atoms with Gasteiger partial charge in [-0.1, -0.05) is 19.6 Å². The van der Waals surface area contributed by atoms with E-state index in [1.165, 1.54) is 12.1 Å². The topological polar surface area (TPSA) is 181 Å². The third-order valence-electron chi connectivity index (χ3n) is 4.53. The molecule has 2 aromatic rings. The van der Waals surface area contributed by atoms with E-state index in [0.29, 0.717) is 71.3 Å². The van der Waals surface area contributed by atoms with E-state index in [0.717, 1.165) is 0 Å². The predicted octanol–water partition coefficient (Wildman–Crippen LogP) is 2.94.